The van der Waals surface area contributed by atoms with E-state index in [0.29, 0.717) is 37.7 Å². The first-order valence-corrected chi connectivity index (χ1v) is 11.6. The van der Waals surface area contributed by atoms with Gasteiger partial charge in [-0.15, -0.1) is 0 Å². The number of rotatable bonds is 8. The lowest BCUT2D eigenvalue weighted by Crippen LogP contribution is -2.47. The molecule has 2 amide bonds. The van der Waals surface area contributed by atoms with E-state index in [2.05, 4.69) is 15.2 Å². The van der Waals surface area contributed by atoms with Gasteiger partial charge in [0.1, 0.15) is 6.04 Å². The molecule has 3 N–H and O–H groups in total. The molecule has 30 heavy (non-hydrogen) atoms. The molecule has 2 atom stereocenters. The van der Waals surface area contributed by atoms with Crippen LogP contribution in [0.15, 0.2) is 24.5 Å². The van der Waals surface area contributed by atoms with Crippen molar-refractivity contribution < 1.29 is 9.59 Å². The van der Waals surface area contributed by atoms with Gasteiger partial charge in [0.05, 0.1) is 5.56 Å². The summed E-state index contributed by atoms with van der Waals surface area (Å²) in [5.41, 5.74) is 6.12. The van der Waals surface area contributed by atoms with E-state index in [1.54, 1.807) is 29.4 Å². The van der Waals surface area contributed by atoms with Crippen LogP contribution >= 0.6 is 0 Å². The number of nitrogens with one attached hydrogen (secondary N) is 1. The van der Waals surface area contributed by atoms with E-state index in [0.717, 1.165) is 12.5 Å². The predicted octanol–water partition coefficient (Wildman–Crippen LogP) is 1.78. The number of likely N-dealkylation sites (tertiary alicyclic amines) is 1. The van der Waals surface area contributed by atoms with Gasteiger partial charge in [0.15, 0.2) is 0 Å². The smallest absolute Gasteiger partial charge is 0.256 e. The van der Waals surface area contributed by atoms with Crippen LogP contribution in [0.4, 0.5) is 0 Å². The molecular weight excluding hydrogens is 378 g/mol. The Morgan fingerprint density at radius 1 is 1.17 bits per heavy atom. The largest absolute Gasteiger partial charge is 0.353 e. The van der Waals surface area contributed by atoms with E-state index in [-0.39, 0.29) is 17.9 Å². The second-order valence-electron chi connectivity index (χ2n) is 9.12. The number of carbonyl (C=O) groups is 2. The van der Waals surface area contributed by atoms with Gasteiger partial charge in [0.25, 0.3) is 5.91 Å². The van der Waals surface area contributed by atoms with E-state index in [4.69, 9.17) is 5.73 Å². The average molecular weight is 414 g/mol. The Morgan fingerprint density at radius 2 is 1.97 bits per heavy atom. The van der Waals surface area contributed by atoms with Crippen molar-refractivity contribution in [2.75, 3.05) is 26.2 Å². The van der Waals surface area contributed by atoms with Gasteiger partial charge in [-0.25, -0.2) is 0 Å². The van der Waals surface area contributed by atoms with E-state index >= 15 is 0 Å². The topological polar surface area (TPSA) is 91.6 Å². The number of nitrogens with two attached hydrogens (primary N) is 1. The molecule has 2 saturated carbocycles. The summed E-state index contributed by atoms with van der Waals surface area (Å²) >= 11 is 0. The van der Waals surface area contributed by atoms with E-state index < -0.39 is 6.04 Å². The molecule has 0 aromatic carbocycles. The predicted molar refractivity (Wildman–Crippen MR) is 116 cm³/mol. The maximum Gasteiger partial charge on any atom is 0.256 e. The van der Waals surface area contributed by atoms with Crippen LogP contribution < -0.4 is 11.1 Å². The van der Waals surface area contributed by atoms with Crippen molar-refractivity contribution in [2.45, 2.75) is 69.5 Å². The normalized spacial score (nSPS) is 24.9. The van der Waals surface area contributed by atoms with Crippen LogP contribution in [0.5, 0.6) is 0 Å². The van der Waals surface area contributed by atoms with Gasteiger partial charge in [-0.2, -0.15) is 0 Å². The Labute approximate surface area is 179 Å². The lowest BCUT2D eigenvalue weighted by molar-refractivity contribution is -0.124. The highest BCUT2D eigenvalue weighted by Crippen LogP contribution is 2.36. The van der Waals surface area contributed by atoms with Gasteiger partial charge in [-0.3, -0.25) is 19.5 Å². The summed E-state index contributed by atoms with van der Waals surface area (Å²) in [5, 5.41) is 2.90. The van der Waals surface area contributed by atoms with Crippen LogP contribution in [0.2, 0.25) is 0 Å². The van der Waals surface area contributed by atoms with Crippen LogP contribution in [0.25, 0.3) is 0 Å². The molecule has 1 aromatic rings. The Hall–Kier alpha value is -1.99. The Balaban J connectivity index is 1.50. The van der Waals surface area contributed by atoms with Gasteiger partial charge < -0.3 is 16.0 Å². The standard InChI is InChI=1S/C23H35N5O2/c24-10-12-26-22(29)21-13-20(16-28(21)23(30)18-7-4-11-25-14-18)27(19-8-9-19)15-17-5-2-1-3-6-17/h4,7,11,14,17,19-21H,1-3,5-6,8-10,12-13,15-16,24H2,(H,26,29). The van der Waals surface area contributed by atoms with Crippen molar-refractivity contribution in [2.24, 2.45) is 11.7 Å². The minimum Gasteiger partial charge on any atom is -0.353 e. The minimum atomic E-state index is -0.443. The highest BCUT2D eigenvalue weighted by atomic mass is 16.2. The van der Waals surface area contributed by atoms with Crippen LogP contribution in [-0.2, 0) is 4.79 Å². The van der Waals surface area contributed by atoms with Crippen LogP contribution in [-0.4, -0.2) is 70.9 Å². The van der Waals surface area contributed by atoms with Gasteiger partial charge in [0.2, 0.25) is 5.91 Å². The third kappa shape index (κ3) is 5.01. The van der Waals surface area contributed by atoms with Gasteiger partial charge in [-0.05, 0) is 50.2 Å². The quantitative estimate of drug-likeness (QED) is 0.678. The van der Waals surface area contributed by atoms with E-state index in [1.807, 2.05) is 0 Å². The molecule has 164 valence electrons. The third-order valence-corrected chi connectivity index (χ3v) is 6.87. The fraction of sp³-hybridized carbons (Fsp3) is 0.696. The van der Waals surface area contributed by atoms with Crippen molar-refractivity contribution in [3.63, 3.8) is 0 Å². The fourth-order valence-electron chi connectivity index (χ4n) is 5.17. The summed E-state index contributed by atoms with van der Waals surface area (Å²) in [4.78, 5) is 34.6. The summed E-state index contributed by atoms with van der Waals surface area (Å²) < 4.78 is 0. The first-order chi connectivity index (χ1) is 14.7. The minimum absolute atomic E-state index is 0.0893. The monoisotopic (exact) mass is 413 g/mol. The maximum atomic E-state index is 13.2. The summed E-state index contributed by atoms with van der Waals surface area (Å²) in [6.45, 7) is 2.55. The van der Waals surface area contributed by atoms with Crippen molar-refractivity contribution in [1.82, 2.24) is 20.1 Å². The highest BCUT2D eigenvalue weighted by molar-refractivity contribution is 5.97. The molecule has 1 saturated heterocycles. The molecular formula is C23H35N5O2. The number of carbonyl (C=O) groups excluding carboxylic acids is 2. The molecule has 3 aliphatic rings. The molecule has 7 nitrogen and oxygen atoms in total. The second-order valence-corrected chi connectivity index (χ2v) is 9.12. The second kappa shape index (κ2) is 9.88. The molecule has 1 aliphatic heterocycles. The molecule has 0 bridgehead atoms. The zero-order valence-corrected chi connectivity index (χ0v) is 17.8. The lowest BCUT2D eigenvalue weighted by atomic mass is 9.88. The SMILES string of the molecule is NCCNC(=O)C1CC(N(CC2CCCCC2)C2CC2)CN1C(=O)c1cccnc1. The highest BCUT2D eigenvalue weighted by Gasteiger charge is 2.45. The van der Waals surface area contributed by atoms with Crippen LogP contribution in [0, 0.1) is 5.92 Å². The first-order valence-electron chi connectivity index (χ1n) is 11.6. The molecule has 2 unspecified atom stereocenters. The van der Waals surface area contributed by atoms with Gasteiger partial charge in [0, 0.05) is 50.7 Å². The molecule has 7 heteroatoms. The molecule has 4 rings (SSSR count). The number of hydrogen-bond acceptors (Lipinski definition) is 5. The van der Waals surface area contributed by atoms with Crippen LogP contribution in [0.3, 0.4) is 0 Å². The fourth-order valence-corrected chi connectivity index (χ4v) is 5.17. The number of nitrogens with zero attached hydrogens (tertiary/aromatic N) is 3. The molecule has 2 aliphatic carbocycles. The van der Waals surface area contributed by atoms with Crippen molar-refractivity contribution in [3.05, 3.63) is 30.1 Å². The number of aromatic nitrogens is 1. The van der Waals surface area contributed by atoms with Crippen LogP contribution in [0.1, 0.15) is 61.7 Å². The first kappa shape index (κ1) is 21.2. The van der Waals surface area contributed by atoms with E-state index in [9.17, 15) is 9.59 Å². The van der Waals surface area contributed by atoms with Gasteiger partial charge in [-0.1, -0.05) is 19.3 Å². The molecule has 0 spiro atoms. The maximum absolute atomic E-state index is 13.2. The lowest BCUT2D eigenvalue weighted by Gasteiger charge is -2.34. The van der Waals surface area contributed by atoms with Crippen molar-refractivity contribution in [3.8, 4) is 0 Å². The Kier molecular flexibility index (Phi) is 7.00. The Morgan fingerprint density at radius 3 is 2.63 bits per heavy atom. The molecule has 2 heterocycles. The zero-order valence-electron chi connectivity index (χ0n) is 17.8. The van der Waals surface area contributed by atoms with E-state index in [1.165, 1.54) is 44.9 Å². The number of pyridine rings is 1. The van der Waals surface area contributed by atoms with Crippen molar-refractivity contribution in [1.29, 1.82) is 0 Å². The summed E-state index contributed by atoms with van der Waals surface area (Å²) in [6, 6.07) is 3.97. The number of amides is 2. The molecule has 0 radical (unpaired) electrons. The molecule has 3 fully saturated rings. The summed E-state index contributed by atoms with van der Waals surface area (Å²) in [6.07, 6.45) is 13.1. The average Bonchev–Trinajstić information content (AvgIpc) is 3.54. The third-order valence-electron chi connectivity index (χ3n) is 6.87. The van der Waals surface area contributed by atoms with Gasteiger partial charge >= 0.3 is 0 Å². The molecule has 1 aromatic heterocycles. The summed E-state index contributed by atoms with van der Waals surface area (Å²) in [5.74, 6) is 0.562. The Bertz CT molecular complexity index is 718. The van der Waals surface area contributed by atoms with Crippen molar-refractivity contribution >= 4 is 11.8 Å². The zero-order chi connectivity index (χ0) is 20.9. The summed E-state index contributed by atoms with van der Waals surface area (Å²) in [7, 11) is 0. The number of hydrogen-bond donors (Lipinski definition) is 2.